The second-order valence-electron chi connectivity index (χ2n) is 8.01. The van der Waals surface area contributed by atoms with Crippen LogP contribution in [-0.4, -0.2) is 44.3 Å². The van der Waals surface area contributed by atoms with Crippen molar-refractivity contribution in [3.63, 3.8) is 0 Å². The summed E-state index contributed by atoms with van der Waals surface area (Å²) in [5, 5.41) is 0.505. The molecule has 2 aromatic heterocycles. The number of methoxy groups -OCH3 is 1. The van der Waals surface area contributed by atoms with Crippen LogP contribution in [0.4, 0.5) is 5.13 Å². The molecule has 0 saturated heterocycles. The number of furan rings is 1. The summed E-state index contributed by atoms with van der Waals surface area (Å²) in [7, 11) is -0.463. The minimum Gasteiger partial charge on any atom is -0.497 e. The van der Waals surface area contributed by atoms with Crippen LogP contribution in [0.3, 0.4) is 0 Å². The highest BCUT2D eigenvalue weighted by Gasteiger charge is 2.25. The number of thiazole rings is 1. The highest BCUT2D eigenvalue weighted by Crippen LogP contribution is 2.33. The molecule has 0 saturated carbocycles. The molecular weight excluding hydrogens is 486 g/mol. The SMILES string of the molecule is CCCCN(C)S(=O)(=O)c1ccc(C(=O)N(Cc2ccco2)c2nc3cc(OC)ccc3s2)cc1. The van der Waals surface area contributed by atoms with E-state index in [1.165, 1.54) is 44.8 Å². The van der Waals surface area contributed by atoms with Gasteiger partial charge < -0.3 is 9.15 Å². The molecule has 0 spiro atoms. The smallest absolute Gasteiger partial charge is 0.260 e. The fourth-order valence-electron chi connectivity index (χ4n) is 3.53. The average Bonchev–Trinajstić information content (AvgIpc) is 3.54. The summed E-state index contributed by atoms with van der Waals surface area (Å²) in [6, 6.07) is 15.1. The molecule has 2 aromatic carbocycles. The predicted molar refractivity (Wildman–Crippen MR) is 137 cm³/mol. The van der Waals surface area contributed by atoms with Gasteiger partial charge in [-0.05, 0) is 55.0 Å². The number of carbonyl (C=O) groups is 1. The van der Waals surface area contributed by atoms with Gasteiger partial charge in [0.15, 0.2) is 5.13 Å². The van der Waals surface area contributed by atoms with Crippen molar-refractivity contribution in [1.29, 1.82) is 0 Å². The van der Waals surface area contributed by atoms with Crippen molar-refractivity contribution in [2.75, 3.05) is 25.6 Å². The van der Waals surface area contributed by atoms with E-state index in [1.54, 1.807) is 32.6 Å². The number of nitrogens with zero attached hydrogens (tertiary/aromatic N) is 3. The first kappa shape index (κ1) is 24.9. The third kappa shape index (κ3) is 5.39. The van der Waals surface area contributed by atoms with Crippen LogP contribution < -0.4 is 9.64 Å². The lowest BCUT2D eigenvalue weighted by Crippen LogP contribution is -2.30. The normalized spacial score (nSPS) is 11.8. The number of rotatable bonds is 10. The van der Waals surface area contributed by atoms with Crippen molar-refractivity contribution < 1.29 is 22.4 Å². The average molecular weight is 514 g/mol. The number of hydrogen-bond donors (Lipinski definition) is 0. The van der Waals surface area contributed by atoms with E-state index in [4.69, 9.17) is 9.15 Å². The number of ether oxygens (including phenoxy) is 1. The first-order chi connectivity index (χ1) is 16.8. The van der Waals surface area contributed by atoms with Gasteiger partial charge >= 0.3 is 0 Å². The third-order valence-corrected chi connectivity index (χ3v) is 8.52. The molecule has 4 rings (SSSR count). The topological polar surface area (TPSA) is 93.0 Å². The van der Waals surface area contributed by atoms with E-state index in [0.717, 1.165) is 23.1 Å². The van der Waals surface area contributed by atoms with Gasteiger partial charge in [0.25, 0.3) is 5.91 Å². The number of carbonyl (C=O) groups excluding carboxylic acids is 1. The largest absolute Gasteiger partial charge is 0.497 e. The van der Waals surface area contributed by atoms with Crippen molar-refractivity contribution in [3.8, 4) is 5.75 Å². The van der Waals surface area contributed by atoms with Gasteiger partial charge in [-0.25, -0.2) is 17.7 Å². The van der Waals surface area contributed by atoms with Gasteiger partial charge in [-0.3, -0.25) is 9.69 Å². The molecule has 0 aliphatic heterocycles. The highest BCUT2D eigenvalue weighted by molar-refractivity contribution is 7.89. The molecule has 184 valence electrons. The van der Waals surface area contributed by atoms with Crippen LogP contribution in [0, 0.1) is 0 Å². The zero-order valence-electron chi connectivity index (χ0n) is 19.8. The Labute approximate surface area is 208 Å². The van der Waals surface area contributed by atoms with Crippen LogP contribution in [0.5, 0.6) is 5.75 Å². The number of amides is 1. The molecule has 10 heteroatoms. The third-order valence-electron chi connectivity index (χ3n) is 5.59. The first-order valence-electron chi connectivity index (χ1n) is 11.2. The number of unbranched alkanes of at least 4 members (excludes halogenated alkanes) is 1. The number of hydrogen-bond acceptors (Lipinski definition) is 7. The molecule has 0 radical (unpaired) electrons. The van der Waals surface area contributed by atoms with Crippen molar-refractivity contribution in [2.24, 2.45) is 0 Å². The second kappa shape index (κ2) is 10.6. The molecule has 0 atom stereocenters. The lowest BCUT2D eigenvalue weighted by atomic mass is 10.2. The summed E-state index contributed by atoms with van der Waals surface area (Å²) in [5.74, 6) is 0.974. The van der Waals surface area contributed by atoms with Crippen molar-refractivity contribution in [3.05, 3.63) is 72.2 Å². The Hall–Kier alpha value is -3.21. The summed E-state index contributed by atoms with van der Waals surface area (Å²) >= 11 is 1.38. The van der Waals surface area contributed by atoms with Gasteiger partial charge in [0, 0.05) is 25.2 Å². The van der Waals surface area contributed by atoms with Crippen LogP contribution in [0.1, 0.15) is 35.9 Å². The molecule has 0 aliphatic carbocycles. The maximum absolute atomic E-state index is 13.6. The molecule has 0 fully saturated rings. The quantitative estimate of drug-likeness (QED) is 0.291. The highest BCUT2D eigenvalue weighted by atomic mass is 32.2. The number of fused-ring (bicyclic) bond motifs is 1. The Kier molecular flexibility index (Phi) is 7.54. The summed E-state index contributed by atoms with van der Waals surface area (Å²) in [4.78, 5) is 19.9. The molecule has 4 aromatic rings. The van der Waals surface area contributed by atoms with E-state index in [9.17, 15) is 13.2 Å². The van der Waals surface area contributed by atoms with Crippen LogP contribution in [0.15, 0.2) is 70.2 Å². The Bertz CT molecular complexity index is 1400. The zero-order valence-corrected chi connectivity index (χ0v) is 21.4. The van der Waals surface area contributed by atoms with E-state index in [1.807, 2.05) is 25.1 Å². The van der Waals surface area contributed by atoms with Crippen LogP contribution in [0.25, 0.3) is 10.2 Å². The molecule has 2 heterocycles. The van der Waals surface area contributed by atoms with E-state index < -0.39 is 10.0 Å². The Morgan fingerprint density at radius 1 is 1.14 bits per heavy atom. The number of benzene rings is 2. The fourth-order valence-corrected chi connectivity index (χ4v) is 5.68. The fraction of sp³-hybridized carbons (Fsp3) is 0.280. The van der Waals surface area contributed by atoms with Crippen LogP contribution in [-0.2, 0) is 16.6 Å². The van der Waals surface area contributed by atoms with Crippen molar-refractivity contribution in [2.45, 2.75) is 31.2 Å². The standard InChI is InChI=1S/C25H27N3O5S2/c1-4-5-14-27(2)35(30,31)21-11-8-18(9-12-21)24(29)28(17-20-7-6-15-33-20)25-26-22-16-19(32-3)10-13-23(22)34-25/h6-13,15-16H,4-5,14,17H2,1-3H3. The molecule has 8 nitrogen and oxygen atoms in total. The minimum atomic E-state index is -3.62. The molecular formula is C25H27N3O5S2. The summed E-state index contributed by atoms with van der Waals surface area (Å²) in [6.45, 7) is 2.64. The van der Waals surface area contributed by atoms with E-state index in [-0.39, 0.29) is 17.3 Å². The lowest BCUT2D eigenvalue weighted by Gasteiger charge is -2.20. The molecule has 0 N–H and O–H groups in total. The summed E-state index contributed by atoms with van der Waals surface area (Å²) in [5.41, 5.74) is 1.07. The maximum Gasteiger partial charge on any atom is 0.260 e. The van der Waals surface area contributed by atoms with Gasteiger partial charge in [0.1, 0.15) is 11.5 Å². The zero-order chi connectivity index (χ0) is 25.0. The van der Waals surface area contributed by atoms with Crippen LogP contribution in [0.2, 0.25) is 0 Å². The molecule has 0 unspecified atom stereocenters. The predicted octanol–water partition coefficient (Wildman–Crippen LogP) is 5.17. The molecule has 0 bridgehead atoms. The number of anilines is 1. The van der Waals surface area contributed by atoms with E-state index in [0.29, 0.717) is 28.7 Å². The van der Waals surface area contributed by atoms with E-state index >= 15 is 0 Å². The number of aromatic nitrogens is 1. The number of sulfonamides is 1. The first-order valence-corrected chi connectivity index (χ1v) is 13.4. The summed E-state index contributed by atoms with van der Waals surface area (Å²) < 4.78 is 38.7. The molecule has 0 aliphatic rings. The Balaban J connectivity index is 1.65. The van der Waals surface area contributed by atoms with Gasteiger partial charge in [0.05, 0.1) is 35.0 Å². The summed E-state index contributed by atoms with van der Waals surface area (Å²) in [6.07, 6.45) is 3.23. The van der Waals surface area contributed by atoms with Gasteiger partial charge in [-0.2, -0.15) is 0 Å². The molecule has 35 heavy (non-hydrogen) atoms. The van der Waals surface area contributed by atoms with Gasteiger partial charge in [-0.15, -0.1) is 0 Å². The Morgan fingerprint density at radius 2 is 1.91 bits per heavy atom. The second-order valence-corrected chi connectivity index (χ2v) is 11.1. The minimum absolute atomic E-state index is 0.150. The maximum atomic E-state index is 13.6. The van der Waals surface area contributed by atoms with E-state index in [2.05, 4.69) is 4.98 Å². The van der Waals surface area contributed by atoms with Gasteiger partial charge in [0.2, 0.25) is 10.0 Å². The van der Waals surface area contributed by atoms with Crippen molar-refractivity contribution >= 4 is 42.6 Å². The van der Waals surface area contributed by atoms with Gasteiger partial charge in [-0.1, -0.05) is 24.7 Å². The Morgan fingerprint density at radius 3 is 2.57 bits per heavy atom. The van der Waals surface area contributed by atoms with Crippen molar-refractivity contribution in [1.82, 2.24) is 9.29 Å². The van der Waals surface area contributed by atoms with Crippen LogP contribution >= 0.6 is 11.3 Å². The molecule has 1 amide bonds. The monoisotopic (exact) mass is 513 g/mol. The lowest BCUT2D eigenvalue weighted by molar-refractivity contribution is 0.0983.